The second-order valence-corrected chi connectivity index (χ2v) is 12.4. The van der Waals surface area contributed by atoms with E-state index in [1.807, 2.05) is 0 Å². The summed E-state index contributed by atoms with van der Waals surface area (Å²) in [5, 5.41) is 9.68. The van der Waals surface area contributed by atoms with Crippen LogP contribution in [0.2, 0.25) is 0 Å². The van der Waals surface area contributed by atoms with E-state index in [4.69, 9.17) is 9.40 Å². The van der Waals surface area contributed by atoms with Crippen molar-refractivity contribution in [2.75, 3.05) is 0 Å². The molecule has 3 heterocycles. The molecule has 46 heavy (non-hydrogen) atoms. The number of benzene rings is 7. The van der Waals surface area contributed by atoms with Gasteiger partial charge in [-0.3, -0.25) is 4.57 Å². The molecule has 0 bridgehead atoms. The Morgan fingerprint density at radius 3 is 2.02 bits per heavy atom. The summed E-state index contributed by atoms with van der Waals surface area (Å²) in [5.74, 6) is 0.932. The first-order valence-electron chi connectivity index (χ1n) is 15.7. The number of nitrogens with zero attached hydrogens (tertiary/aromatic N) is 2. The quantitative estimate of drug-likeness (QED) is 0.202. The fraction of sp³-hybridized carbons (Fsp3) is 0. The molecule has 0 N–H and O–H groups in total. The molecule has 0 unspecified atom stereocenters. The normalized spacial score (nSPS) is 12.3. The molecule has 7 aromatic carbocycles. The number of fused-ring (bicyclic) bond motifs is 10. The number of para-hydroxylation sites is 1. The molecule has 0 fully saturated rings. The van der Waals surface area contributed by atoms with Gasteiger partial charge < -0.3 is 4.42 Å². The van der Waals surface area contributed by atoms with E-state index in [-0.39, 0.29) is 0 Å². The summed E-state index contributed by atoms with van der Waals surface area (Å²) < 4.78 is 8.61. The monoisotopic (exact) mass is 584 g/mol. The van der Waals surface area contributed by atoms with Crippen LogP contribution in [0.3, 0.4) is 0 Å². The van der Waals surface area contributed by atoms with Gasteiger partial charge in [0.05, 0.1) is 16.7 Å². The summed E-state index contributed by atoms with van der Waals surface area (Å²) in [4.78, 5) is 5.35. The Morgan fingerprint density at radius 2 is 1.13 bits per heavy atom. The molecule has 0 saturated heterocycles. The van der Waals surface area contributed by atoms with E-state index in [1.165, 1.54) is 60.1 Å². The van der Waals surface area contributed by atoms with Crippen LogP contribution in [-0.4, -0.2) is 9.55 Å². The highest BCUT2D eigenvalue weighted by Crippen LogP contribution is 2.47. The third-order valence-corrected chi connectivity index (χ3v) is 9.90. The number of aromatic nitrogens is 2. The van der Waals surface area contributed by atoms with Crippen molar-refractivity contribution in [1.29, 1.82) is 0 Å². The molecular weight excluding hydrogens is 560 g/mol. The second-order valence-electron chi connectivity index (χ2n) is 12.4. The highest BCUT2D eigenvalue weighted by Gasteiger charge is 2.24. The molecule has 3 nitrogen and oxygen atoms in total. The van der Waals surface area contributed by atoms with Crippen molar-refractivity contribution in [3.8, 4) is 39.3 Å². The Labute approximate surface area is 263 Å². The topological polar surface area (TPSA) is 31.0 Å². The first-order chi connectivity index (χ1) is 22.8. The van der Waals surface area contributed by atoms with E-state index in [0.717, 1.165) is 44.5 Å². The van der Waals surface area contributed by atoms with E-state index in [2.05, 4.69) is 150 Å². The molecule has 1 aliphatic carbocycles. The van der Waals surface area contributed by atoms with E-state index < -0.39 is 0 Å². The van der Waals surface area contributed by atoms with E-state index in [1.54, 1.807) is 0 Å². The van der Waals surface area contributed by atoms with Crippen LogP contribution in [0.1, 0.15) is 0 Å². The molecule has 0 aliphatic heterocycles. The molecule has 11 rings (SSSR count). The number of rotatable bonds is 2. The van der Waals surface area contributed by atoms with Crippen molar-refractivity contribution in [3.63, 3.8) is 0 Å². The minimum atomic E-state index is 0.910. The van der Waals surface area contributed by atoms with Crippen LogP contribution in [0.15, 0.2) is 150 Å². The Hall–Kier alpha value is -6.19. The van der Waals surface area contributed by atoms with Crippen LogP contribution in [-0.2, 0) is 0 Å². The molecule has 10 aromatic rings. The lowest BCUT2D eigenvalue weighted by Gasteiger charge is -2.10. The molecule has 1 aliphatic rings. The van der Waals surface area contributed by atoms with Gasteiger partial charge in [0.15, 0.2) is 0 Å². The summed E-state index contributed by atoms with van der Waals surface area (Å²) in [5.41, 5.74) is 11.2. The van der Waals surface area contributed by atoms with E-state index in [9.17, 15) is 0 Å². The maximum atomic E-state index is 6.29. The largest absolute Gasteiger partial charge is 0.456 e. The Morgan fingerprint density at radius 1 is 0.435 bits per heavy atom. The van der Waals surface area contributed by atoms with Crippen LogP contribution in [0.25, 0.3) is 105 Å². The van der Waals surface area contributed by atoms with Gasteiger partial charge in [0, 0.05) is 32.7 Å². The van der Waals surface area contributed by atoms with E-state index >= 15 is 0 Å². The van der Waals surface area contributed by atoms with Crippen LogP contribution < -0.4 is 0 Å². The average molecular weight is 585 g/mol. The summed E-state index contributed by atoms with van der Waals surface area (Å²) in [7, 11) is 0. The SMILES string of the molecule is c1ccc2cc3c(cc2c1)oc1ccc(-c2ccc4c(c2)c2ccccc2n4-c2ccc4c(n2)-c2cccc5cccc-4c25)cc13. The highest BCUT2D eigenvalue weighted by atomic mass is 16.3. The van der Waals surface area contributed by atoms with Crippen LogP contribution >= 0.6 is 0 Å². The van der Waals surface area contributed by atoms with Gasteiger partial charge in [-0.1, -0.05) is 91.0 Å². The maximum Gasteiger partial charge on any atom is 0.138 e. The van der Waals surface area contributed by atoms with Crippen LogP contribution in [0.4, 0.5) is 0 Å². The molecule has 3 heteroatoms. The predicted molar refractivity (Wildman–Crippen MR) is 191 cm³/mol. The maximum absolute atomic E-state index is 6.29. The highest BCUT2D eigenvalue weighted by molar-refractivity contribution is 6.15. The third kappa shape index (κ3) is 3.19. The molecule has 0 saturated carbocycles. The van der Waals surface area contributed by atoms with Crippen molar-refractivity contribution in [3.05, 3.63) is 146 Å². The van der Waals surface area contributed by atoms with Gasteiger partial charge in [-0.25, -0.2) is 4.98 Å². The zero-order chi connectivity index (χ0) is 29.9. The average Bonchev–Trinajstić information content (AvgIpc) is 3.75. The molecule has 0 radical (unpaired) electrons. The molecule has 212 valence electrons. The Balaban J connectivity index is 1.10. The van der Waals surface area contributed by atoms with Gasteiger partial charge in [0.2, 0.25) is 0 Å². The standard InChI is InChI=1S/C43H24N2O/c1-2-8-27-24-40-36(22-26(27)7-1)35-23-29(16-19-39(35)46-40)28-15-18-38-34(21-28)30-11-3-4-14-37(30)45(38)41-20-17-32-31-12-5-9-25-10-6-13-33(42(25)31)43(32)44-41/h1-24H. The molecule has 0 amide bonds. The lowest BCUT2D eigenvalue weighted by Crippen LogP contribution is -1.98. The van der Waals surface area contributed by atoms with Gasteiger partial charge in [-0.05, 0) is 92.8 Å². The van der Waals surface area contributed by atoms with Gasteiger partial charge >= 0.3 is 0 Å². The Bertz CT molecular complexity index is 2920. The minimum absolute atomic E-state index is 0.910. The first kappa shape index (κ1) is 24.2. The predicted octanol–water partition coefficient (Wildman–Crippen LogP) is 11.7. The smallest absolute Gasteiger partial charge is 0.138 e. The number of pyridine rings is 1. The minimum Gasteiger partial charge on any atom is -0.456 e. The summed E-state index contributed by atoms with van der Waals surface area (Å²) in [6, 6.07) is 52.4. The van der Waals surface area contributed by atoms with Crippen molar-refractivity contribution in [2.45, 2.75) is 0 Å². The summed E-state index contributed by atoms with van der Waals surface area (Å²) >= 11 is 0. The number of hydrogen-bond acceptors (Lipinski definition) is 2. The number of furan rings is 1. The lowest BCUT2D eigenvalue weighted by molar-refractivity contribution is 0.669. The van der Waals surface area contributed by atoms with Crippen molar-refractivity contribution in [1.82, 2.24) is 9.55 Å². The van der Waals surface area contributed by atoms with Gasteiger partial charge in [-0.2, -0.15) is 0 Å². The molecular formula is C43H24N2O. The van der Waals surface area contributed by atoms with Gasteiger partial charge in [0.25, 0.3) is 0 Å². The molecule has 0 spiro atoms. The fourth-order valence-electron chi connectivity index (χ4n) is 7.80. The zero-order valence-electron chi connectivity index (χ0n) is 24.7. The van der Waals surface area contributed by atoms with Crippen molar-refractivity contribution >= 4 is 65.3 Å². The van der Waals surface area contributed by atoms with Crippen LogP contribution in [0, 0.1) is 0 Å². The Kier molecular flexibility index (Phi) is 4.58. The second kappa shape index (κ2) is 8.71. The van der Waals surface area contributed by atoms with Crippen molar-refractivity contribution in [2.24, 2.45) is 0 Å². The first-order valence-corrected chi connectivity index (χ1v) is 15.7. The molecule has 3 aromatic heterocycles. The van der Waals surface area contributed by atoms with Crippen LogP contribution in [0.5, 0.6) is 0 Å². The molecule has 0 atom stereocenters. The van der Waals surface area contributed by atoms with Gasteiger partial charge in [0.1, 0.15) is 17.0 Å². The third-order valence-electron chi connectivity index (χ3n) is 9.90. The van der Waals surface area contributed by atoms with E-state index in [0.29, 0.717) is 0 Å². The van der Waals surface area contributed by atoms with Crippen molar-refractivity contribution < 1.29 is 4.42 Å². The summed E-state index contributed by atoms with van der Waals surface area (Å²) in [6.45, 7) is 0. The number of hydrogen-bond donors (Lipinski definition) is 0. The lowest BCUT2D eigenvalue weighted by atomic mass is 10.00. The zero-order valence-corrected chi connectivity index (χ0v) is 24.7. The van der Waals surface area contributed by atoms with Gasteiger partial charge in [-0.15, -0.1) is 0 Å². The summed E-state index contributed by atoms with van der Waals surface area (Å²) in [6.07, 6.45) is 0. The fourth-order valence-corrected chi connectivity index (χ4v) is 7.80.